The van der Waals surface area contributed by atoms with E-state index in [1.54, 1.807) is 13.0 Å². The molecule has 0 fully saturated rings. The molecule has 0 aromatic rings. The van der Waals surface area contributed by atoms with Crippen molar-refractivity contribution < 1.29 is 9.53 Å². The van der Waals surface area contributed by atoms with Gasteiger partial charge in [-0.1, -0.05) is 38.3 Å². The lowest BCUT2D eigenvalue weighted by Crippen LogP contribution is -1.97. The molecule has 0 rings (SSSR count). The van der Waals surface area contributed by atoms with Crippen molar-refractivity contribution in [2.24, 2.45) is 0 Å². The quantitative estimate of drug-likeness (QED) is 0.379. The maximum atomic E-state index is 10.1. The van der Waals surface area contributed by atoms with Gasteiger partial charge in [0.2, 0.25) is 0 Å². The minimum atomic E-state index is -0.359. The standard InChI is InChI=1S/C6H10.C5H8O2/c1-3-5-6-4-2;1-3-5(6)7-4-2/h3,5-6H,1,4H2,2H3;3H,1,4H2,2H3/b6-5+;. The van der Waals surface area contributed by atoms with Crippen LogP contribution in [0.25, 0.3) is 0 Å². The molecule has 0 N–H and O–H groups in total. The van der Waals surface area contributed by atoms with Gasteiger partial charge in [0, 0.05) is 6.08 Å². The summed E-state index contributed by atoms with van der Waals surface area (Å²) in [5.74, 6) is -0.359. The van der Waals surface area contributed by atoms with E-state index >= 15 is 0 Å². The molecule has 0 bridgehead atoms. The number of rotatable bonds is 4. The van der Waals surface area contributed by atoms with Gasteiger partial charge in [-0.2, -0.15) is 0 Å². The largest absolute Gasteiger partial charge is 0.463 e. The Labute approximate surface area is 80.6 Å². The summed E-state index contributed by atoms with van der Waals surface area (Å²) in [7, 11) is 0. The fourth-order valence-electron chi connectivity index (χ4n) is 0.433. The molecule has 0 radical (unpaired) electrons. The van der Waals surface area contributed by atoms with Crippen molar-refractivity contribution in [1.82, 2.24) is 0 Å². The third kappa shape index (κ3) is 18.0. The van der Waals surface area contributed by atoms with E-state index in [1.807, 2.05) is 6.08 Å². The number of carbonyl (C=O) groups is 1. The lowest BCUT2D eigenvalue weighted by Gasteiger charge is -1.90. The number of carbonyl (C=O) groups excluding carboxylic acids is 1. The summed E-state index contributed by atoms with van der Waals surface area (Å²) in [6.07, 6.45) is 8.03. The number of ether oxygens (including phenoxy) is 1. The van der Waals surface area contributed by atoms with Crippen LogP contribution in [0.4, 0.5) is 0 Å². The van der Waals surface area contributed by atoms with Gasteiger partial charge in [-0.05, 0) is 13.3 Å². The molecule has 0 unspecified atom stereocenters. The highest BCUT2D eigenvalue weighted by Gasteiger charge is 1.86. The van der Waals surface area contributed by atoms with E-state index in [0.717, 1.165) is 12.5 Å². The van der Waals surface area contributed by atoms with Gasteiger partial charge in [0.05, 0.1) is 6.61 Å². The van der Waals surface area contributed by atoms with Gasteiger partial charge in [0.1, 0.15) is 0 Å². The molecule has 13 heavy (non-hydrogen) atoms. The van der Waals surface area contributed by atoms with Gasteiger partial charge in [0.15, 0.2) is 0 Å². The lowest BCUT2D eigenvalue weighted by atomic mass is 10.4. The van der Waals surface area contributed by atoms with Crippen LogP contribution in [0.5, 0.6) is 0 Å². The third-order valence-corrected chi connectivity index (χ3v) is 0.961. The average Bonchev–Trinajstić information content (AvgIpc) is 2.16. The zero-order chi connectivity index (χ0) is 10.5. The van der Waals surface area contributed by atoms with E-state index < -0.39 is 0 Å². The van der Waals surface area contributed by atoms with Crippen molar-refractivity contribution >= 4 is 5.97 Å². The minimum absolute atomic E-state index is 0.359. The first-order valence-corrected chi connectivity index (χ1v) is 4.29. The second kappa shape index (κ2) is 13.3. The molecule has 0 amide bonds. The summed E-state index contributed by atoms with van der Waals surface area (Å²) in [4.78, 5) is 10.1. The smallest absolute Gasteiger partial charge is 0.330 e. The number of hydrogen-bond donors (Lipinski definition) is 0. The van der Waals surface area contributed by atoms with Crippen LogP contribution in [0.1, 0.15) is 20.3 Å². The molecule has 2 nitrogen and oxygen atoms in total. The molecule has 74 valence electrons. The molecule has 0 spiro atoms. The Hall–Kier alpha value is -1.31. The van der Waals surface area contributed by atoms with Gasteiger partial charge < -0.3 is 4.74 Å². The Balaban J connectivity index is 0. The van der Waals surface area contributed by atoms with E-state index in [0.29, 0.717) is 6.61 Å². The fraction of sp³-hybridized carbons (Fsp3) is 0.364. The molecule has 0 saturated carbocycles. The van der Waals surface area contributed by atoms with Crippen molar-refractivity contribution in [3.05, 3.63) is 37.5 Å². The number of allylic oxidation sites excluding steroid dienone is 3. The number of hydrogen-bond acceptors (Lipinski definition) is 2. The van der Waals surface area contributed by atoms with E-state index in [-0.39, 0.29) is 5.97 Å². The van der Waals surface area contributed by atoms with Crippen molar-refractivity contribution in [1.29, 1.82) is 0 Å². The van der Waals surface area contributed by atoms with Gasteiger partial charge in [0.25, 0.3) is 0 Å². The van der Waals surface area contributed by atoms with Crippen molar-refractivity contribution in [2.75, 3.05) is 6.61 Å². The predicted octanol–water partition coefficient (Wildman–Crippen LogP) is 2.87. The second-order valence-corrected chi connectivity index (χ2v) is 2.03. The van der Waals surface area contributed by atoms with Gasteiger partial charge in [-0.3, -0.25) is 0 Å². The topological polar surface area (TPSA) is 26.3 Å². The van der Waals surface area contributed by atoms with E-state index in [4.69, 9.17) is 0 Å². The molecule has 0 aliphatic carbocycles. The monoisotopic (exact) mass is 182 g/mol. The lowest BCUT2D eigenvalue weighted by molar-refractivity contribution is -0.137. The Kier molecular flexibility index (Phi) is 14.5. The molecule has 0 aromatic heterocycles. The van der Waals surface area contributed by atoms with Crippen LogP contribution < -0.4 is 0 Å². The molecule has 0 aliphatic heterocycles. The predicted molar refractivity (Wildman–Crippen MR) is 56.5 cm³/mol. The molecule has 0 atom stereocenters. The summed E-state index contributed by atoms with van der Waals surface area (Å²) in [6.45, 7) is 11.0. The highest BCUT2D eigenvalue weighted by molar-refractivity contribution is 5.81. The Bertz CT molecular complexity index is 169. The number of esters is 1. The summed E-state index contributed by atoms with van der Waals surface area (Å²) in [5, 5.41) is 0. The van der Waals surface area contributed by atoms with Crippen molar-refractivity contribution in [3.63, 3.8) is 0 Å². The van der Waals surface area contributed by atoms with Crippen LogP contribution in [0.2, 0.25) is 0 Å². The molecule has 0 saturated heterocycles. The van der Waals surface area contributed by atoms with Gasteiger partial charge >= 0.3 is 5.97 Å². The highest BCUT2D eigenvalue weighted by atomic mass is 16.5. The first-order valence-electron chi connectivity index (χ1n) is 4.29. The fourth-order valence-corrected chi connectivity index (χ4v) is 0.433. The maximum absolute atomic E-state index is 10.1. The van der Waals surface area contributed by atoms with Gasteiger partial charge in [-0.15, -0.1) is 0 Å². The van der Waals surface area contributed by atoms with Gasteiger partial charge in [-0.25, -0.2) is 4.79 Å². The average molecular weight is 182 g/mol. The summed E-state index contributed by atoms with van der Waals surface area (Å²) >= 11 is 0. The third-order valence-electron chi connectivity index (χ3n) is 0.961. The summed E-state index contributed by atoms with van der Waals surface area (Å²) in [6, 6.07) is 0. The minimum Gasteiger partial charge on any atom is -0.463 e. The Morgan fingerprint density at radius 2 is 2.00 bits per heavy atom. The zero-order valence-corrected chi connectivity index (χ0v) is 8.45. The Morgan fingerprint density at radius 3 is 2.15 bits per heavy atom. The summed E-state index contributed by atoms with van der Waals surface area (Å²) in [5.41, 5.74) is 0. The highest BCUT2D eigenvalue weighted by Crippen LogP contribution is 1.76. The normalized spacial score (nSPS) is 8.46. The van der Waals surface area contributed by atoms with Crippen LogP contribution in [0.3, 0.4) is 0 Å². The van der Waals surface area contributed by atoms with E-state index in [1.165, 1.54) is 0 Å². The van der Waals surface area contributed by atoms with Crippen molar-refractivity contribution in [2.45, 2.75) is 20.3 Å². The summed E-state index contributed by atoms with van der Waals surface area (Å²) < 4.78 is 4.43. The SMILES string of the molecule is C=C/C=C/CC.C=CC(=O)OCC. The van der Waals surface area contributed by atoms with E-state index in [2.05, 4.69) is 30.9 Å². The first kappa shape index (κ1) is 14.2. The van der Waals surface area contributed by atoms with E-state index in [9.17, 15) is 4.79 Å². The van der Waals surface area contributed by atoms with Crippen LogP contribution >= 0.6 is 0 Å². The molecule has 0 aromatic carbocycles. The maximum Gasteiger partial charge on any atom is 0.330 e. The molecule has 2 heteroatoms. The van der Waals surface area contributed by atoms with Crippen molar-refractivity contribution in [3.8, 4) is 0 Å². The molecular weight excluding hydrogens is 164 g/mol. The first-order chi connectivity index (χ1) is 6.22. The zero-order valence-electron chi connectivity index (χ0n) is 8.45. The van der Waals surface area contributed by atoms with Crippen LogP contribution in [-0.2, 0) is 9.53 Å². The molecule has 0 aliphatic rings. The molecular formula is C11H18O2. The molecule has 0 heterocycles. The van der Waals surface area contributed by atoms with Crippen LogP contribution in [-0.4, -0.2) is 12.6 Å². The van der Waals surface area contributed by atoms with Crippen LogP contribution in [0, 0.1) is 0 Å². The Morgan fingerprint density at radius 1 is 1.38 bits per heavy atom. The van der Waals surface area contributed by atoms with Crippen LogP contribution in [0.15, 0.2) is 37.5 Å². The second-order valence-electron chi connectivity index (χ2n) is 2.03.